The summed E-state index contributed by atoms with van der Waals surface area (Å²) in [6.07, 6.45) is 3.03. The van der Waals surface area contributed by atoms with Gasteiger partial charge in [-0.15, -0.1) is 11.3 Å². The van der Waals surface area contributed by atoms with Crippen molar-refractivity contribution >= 4 is 49.8 Å². The number of nitrogens with zero attached hydrogens (tertiary/aromatic N) is 3. The van der Waals surface area contributed by atoms with E-state index in [0.29, 0.717) is 17.1 Å². The lowest BCUT2D eigenvalue weighted by molar-refractivity contribution is -0.138. The van der Waals surface area contributed by atoms with Gasteiger partial charge >= 0.3 is 0 Å². The number of Topliss-reactive ketones (excluding diaryl/α,β-unsaturated/α-hetero) is 2. The molecule has 44 heavy (non-hydrogen) atoms. The second kappa shape index (κ2) is 12.3. The third-order valence-corrected chi connectivity index (χ3v) is 10.5. The predicted molar refractivity (Wildman–Crippen MR) is 163 cm³/mol. The number of amides is 2. The average molecular weight is 633 g/mol. The largest absolute Gasteiger partial charge is 0.457 e. The number of allylic oxidation sites excluding steroid dienone is 1. The van der Waals surface area contributed by atoms with Crippen LogP contribution in [0.3, 0.4) is 0 Å². The molecule has 13 heteroatoms. The van der Waals surface area contributed by atoms with E-state index in [0.717, 1.165) is 9.18 Å². The van der Waals surface area contributed by atoms with Crippen molar-refractivity contribution in [1.29, 1.82) is 0 Å². The van der Waals surface area contributed by atoms with Gasteiger partial charge in [0.25, 0.3) is 15.9 Å². The van der Waals surface area contributed by atoms with E-state index in [9.17, 15) is 27.6 Å². The van der Waals surface area contributed by atoms with E-state index < -0.39 is 63.1 Å². The first-order valence-electron chi connectivity index (χ1n) is 14.0. The van der Waals surface area contributed by atoms with Gasteiger partial charge in [-0.05, 0) is 54.3 Å². The second-order valence-electron chi connectivity index (χ2n) is 10.5. The minimum Gasteiger partial charge on any atom is -0.457 e. The van der Waals surface area contributed by atoms with E-state index in [1.54, 1.807) is 24.3 Å². The Bertz CT molecular complexity index is 1750. The van der Waals surface area contributed by atoms with Gasteiger partial charge < -0.3 is 15.0 Å². The molecule has 3 atom stereocenters. The lowest BCUT2D eigenvalue weighted by Crippen LogP contribution is -2.53. The fourth-order valence-corrected chi connectivity index (χ4v) is 8.09. The number of ether oxygens (including phenoxy) is 1. The lowest BCUT2D eigenvalue weighted by Gasteiger charge is -2.28. The highest BCUT2D eigenvalue weighted by Crippen LogP contribution is 2.33. The van der Waals surface area contributed by atoms with Crippen molar-refractivity contribution in [3.05, 3.63) is 94.8 Å². The molecule has 1 aromatic heterocycles. The Morgan fingerprint density at radius 2 is 1.77 bits per heavy atom. The number of nitrogens with one attached hydrogen (secondary N) is 1. The van der Waals surface area contributed by atoms with Crippen molar-refractivity contribution < 1.29 is 32.3 Å². The minimum absolute atomic E-state index is 0.0918. The Labute approximate surface area is 257 Å². The molecule has 2 saturated heterocycles. The fourth-order valence-electron chi connectivity index (χ4n) is 5.67. The van der Waals surface area contributed by atoms with E-state index in [1.165, 1.54) is 28.5 Å². The molecule has 4 heterocycles. The molecule has 3 aromatic rings. The maximum absolute atomic E-state index is 14.0. The van der Waals surface area contributed by atoms with Crippen LogP contribution in [-0.4, -0.2) is 77.3 Å². The summed E-state index contributed by atoms with van der Waals surface area (Å²) in [7, 11) is -4.34. The number of carbonyl (C=O) groups is 4. The van der Waals surface area contributed by atoms with Gasteiger partial charge in [0.1, 0.15) is 23.6 Å². The SMILES string of the molecule is O=C1CC=CN=C1S(=O)(=O)N1CC(=O)C2C1CCN2C(=O)C(Cc1cccs1)NC(=O)c1ccc(Oc2ccccc2)cc1. The van der Waals surface area contributed by atoms with Crippen LogP contribution in [0.1, 0.15) is 28.1 Å². The Morgan fingerprint density at radius 3 is 2.48 bits per heavy atom. The van der Waals surface area contributed by atoms with Crippen molar-refractivity contribution in [2.45, 2.75) is 37.4 Å². The quantitative estimate of drug-likeness (QED) is 0.402. The lowest BCUT2D eigenvalue weighted by atomic mass is 10.1. The zero-order chi connectivity index (χ0) is 30.8. The van der Waals surface area contributed by atoms with Crippen LogP contribution in [0, 0.1) is 0 Å². The van der Waals surface area contributed by atoms with Crippen molar-refractivity contribution in [3.8, 4) is 11.5 Å². The number of likely N-dealkylation sites (tertiary alicyclic amines) is 1. The van der Waals surface area contributed by atoms with Crippen molar-refractivity contribution in [1.82, 2.24) is 14.5 Å². The molecule has 1 N–H and O–H groups in total. The molecular formula is C31H28N4O7S2. The van der Waals surface area contributed by atoms with Gasteiger partial charge in [-0.25, -0.2) is 13.4 Å². The van der Waals surface area contributed by atoms with Gasteiger partial charge in [0.2, 0.25) is 11.0 Å². The Kier molecular flexibility index (Phi) is 8.25. The number of benzene rings is 2. The Hall–Kier alpha value is -4.46. The Morgan fingerprint density at radius 1 is 1.02 bits per heavy atom. The maximum Gasteiger partial charge on any atom is 0.264 e. The summed E-state index contributed by atoms with van der Waals surface area (Å²) in [5.74, 6) is -0.862. The van der Waals surface area contributed by atoms with Crippen LogP contribution in [0.15, 0.2) is 89.4 Å². The van der Waals surface area contributed by atoms with Gasteiger partial charge in [0.05, 0.1) is 12.6 Å². The highest BCUT2D eigenvalue weighted by Gasteiger charge is 2.55. The molecule has 2 aromatic carbocycles. The number of hydrogen-bond donors (Lipinski definition) is 1. The zero-order valence-electron chi connectivity index (χ0n) is 23.4. The number of thiophene rings is 1. The van der Waals surface area contributed by atoms with Crippen molar-refractivity contribution in [2.24, 2.45) is 4.99 Å². The number of fused-ring (bicyclic) bond motifs is 1. The van der Waals surface area contributed by atoms with Gasteiger partial charge in [-0.1, -0.05) is 30.3 Å². The zero-order valence-corrected chi connectivity index (χ0v) is 25.0. The first-order chi connectivity index (χ1) is 21.2. The molecule has 0 saturated carbocycles. The number of aliphatic imine (C=N–C) groups is 1. The van der Waals surface area contributed by atoms with Crippen LogP contribution in [0.5, 0.6) is 11.5 Å². The van der Waals surface area contributed by atoms with E-state index in [4.69, 9.17) is 4.74 Å². The molecule has 226 valence electrons. The molecule has 6 rings (SSSR count). The molecular weight excluding hydrogens is 604 g/mol. The summed E-state index contributed by atoms with van der Waals surface area (Å²) >= 11 is 1.43. The molecule has 0 bridgehead atoms. The molecule has 2 amide bonds. The van der Waals surface area contributed by atoms with E-state index in [1.807, 2.05) is 47.8 Å². The number of ketones is 2. The monoisotopic (exact) mass is 632 g/mol. The number of hydrogen-bond acceptors (Lipinski definition) is 9. The van der Waals surface area contributed by atoms with Crippen molar-refractivity contribution in [2.75, 3.05) is 13.1 Å². The van der Waals surface area contributed by atoms with Crippen LogP contribution < -0.4 is 10.1 Å². The summed E-state index contributed by atoms with van der Waals surface area (Å²) in [5.41, 5.74) is 0.315. The summed E-state index contributed by atoms with van der Waals surface area (Å²) in [4.78, 5) is 58.8. The number of sulfonamides is 1. The normalized spacial score (nSPS) is 20.7. The highest BCUT2D eigenvalue weighted by atomic mass is 32.2. The van der Waals surface area contributed by atoms with Gasteiger partial charge in [0.15, 0.2) is 11.6 Å². The van der Waals surface area contributed by atoms with Crippen LogP contribution in [0.2, 0.25) is 0 Å². The van der Waals surface area contributed by atoms with Gasteiger partial charge in [-0.2, -0.15) is 4.31 Å². The first-order valence-corrected chi connectivity index (χ1v) is 16.3. The predicted octanol–water partition coefficient (Wildman–Crippen LogP) is 2.95. The van der Waals surface area contributed by atoms with E-state index in [-0.39, 0.29) is 25.8 Å². The summed E-state index contributed by atoms with van der Waals surface area (Å²) in [6.45, 7) is -0.342. The van der Waals surface area contributed by atoms with Crippen molar-refractivity contribution in [3.63, 3.8) is 0 Å². The van der Waals surface area contributed by atoms with Crippen LogP contribution in [0.25, 0.3) is 0 Å². The van der Waals surface area contributed by atoms with Crippen LogP contribution >= 0.6 is 11.3 Å². The summed E-state index contributed by atoms with van der Waals surface area (Å²) in [5, 5.41) is 4.10. The van der Waals surface area contributed by atoms with E-state index >= 15 is 0 Å². The Balaban J connectivity index is 1.19. The molecule has 0 spiro atoms. The third kappa shape index (κ3) is 5.85. The fraction of sp³-hybridized carbons (Fsp3) is 0.258. The first kappa shape index (κ1) is 29.6. The van der Waals surface area contributed by atoms with Gasteiger partial charge in [0, 0.05) is 36.0 Å². The molecule has 3 aliphatic heterocycles. The average Bonchev–Trinajstić information content (AvgIpc) is 3.77. The molecule has 3 aliphatic rings. The van der Waals surface area contributed by atoms with Gasteiger partial charge in [-0.3, -0.25) is 19.2 Å². The molecule has 11 nitrogen and oxygen atoms in total. The third-order valence-electron chi connectivity index (χ3n) is 7.74. The number of carbonyl (C=O) groups excluding carboxylic acids is 4. The van der Waals surface area contributed by atoms with E-state index in [2.05, 4.69) is 10.3 Å². The second-order valence-corrected chi connectivity index (χ2v) is 13.4. The van der Waals surface area contributed by atoms with Crippen LogP contribution in [-0.2, 0) is 30.8 Å². The highest BCUT2D eigenvalue weighted by molar-refractivity contribution is 8.06. The molecule has 0 aliphatic carbocycles. The smallest absolute Gasteiger partial charge is 0.264 e. The summed E-state index contributed by atoms with van der Waals surface area (Å²) < 4.78 is 33.5. The molecule has 2 fully saturated rings. The topological polar surface area (TPSA) is 143 Å². The molecule has 0 radical (unpaired) electrons. The number of para-hydroxylation sites is 1. The number of rotatable bonds is 8. The van der Waals surface area contributed by atoms with Crippen LogP contribution in [0.4, 0.5) is 0 Å². The summed E-state index contributed by atoms with van der Waals surface area (Å²) in [6, 6.07) is 16.6. The maximum atomic E-state index is 14.0. The minimum atomic E-state index is -4.34. The standard InChI is InChI=1S/C31H28N4O7S2/c36-26-9-4-15-32-30(26)44(40,41)35-19-27(37)28-25(35)14-16-34(28)31(39)24(18-23-8-5-17-43-23)33-29(38)20-10-12-22(13-11-20)42-21-6-2-1-3-7-21/h1-8,10-13,15,17,24-25,28H,9,14,16,18-19H2,(H,33,38). The molecule has 3 unspecified atom stereocenters.